The fourth-order valence-corrected chi connectivity index (χ4v) is 1.39. The molecule has 0 radical (unpaired) electrons. The van der Waals surface area contributed by atoms with Crippen LogP contribution in [0.25, 0.3) is 0 Å². The van der Waals surface area contributed by atoms with Gasteiger partial charge in [-0.05, 0) is 17.7 Å². The molecular formula is C8H10FO4P. The van der Waals surface area contributed by atoms with Gasteiger partial charge in [-0.1, -0.05) is 12.1 Å². The van der Waals surface area contributed by atoms with Crippen LogP contribution in [0.5, 0.6) is 5.75 Å². The second-order valence-electron chi connectivity index (χ2n) is 2.89. The van der Waals surface area contributed by atoms with Crippen LogP contribution in [-0.2, 0) is 11.0 Å². The first-order chi connectivity index (χ1) is 6.39. The van der Waals surface area contributed by atoms with E-state index in [1.54, 1.807) is 0 Å². The van der Waals surface area contributed by atoms with Crippen molar-refractivity contribution in [3.05, 3.63) is 29.8 Å². The highest BCUT2D eigenvalue weighted by atomic mass is 31.2. The molecule has 1 rings (SSSR count). The monoisotopic (exact) mass is 220 g/mol. The molecule has 0 saturated carbocycles. The molecule has 1 atom stereocenters. The van der Waals surface area contributed by atoms with Gasteiger partial charge < -0.3 is 14.9 Å². The number of benzene rings is 1. The number of hydrogen-bond acceptors (Lipinski definition) is 2. The van der Waals surface area contributed by atoms with Gasteiger partial charge in [-0.25, -0.2) is 4.39 Å². The molecule has 0 aromatic heterocycles. The van der Waals surface area contributed by atoms with Crippen molar-refractivity contribution >= 4 is 7.60 Å². The van der Waals surface area contributed by atoms with Crippen molar-refractivity contribution in [2.45, 2.75) is 12.3 Å². The van der Waals surface area contributed by atoms with Crippen LogP contribution in [-0.4, -0.2) is 20.8 Å². The molecule has 3 N–H and O–H groups in total. The van der Waals surface area contributed by atoms with E-state index < -0.39 is 13.5 Å². The lowest BCUT2D eigenvalue weighted by molar-refractivity contribution is 0.299. The van der Waals surface area contributed by atoms with E-state index in [2.05, 4.69) is 0 Å². The van der Waals surface area contributed by atoms with Crippen molar-refractivity contribution < 1.29 is 23.8 Å². The standard InChI is InChI=1S/C8H10FO4P/c9-8(14(11,12)13)5-6-1-3-7(10)4-2-6/h1-4,8,10H,5H2,(H2,11,12,13). The summed E-state index contributed by atoms with van der Waals surface area (Å²) >= 11 is 0. The topological polar surface area (TPSA) is 77.8 Å². The Morgan fingerprint density at radius 1 is 1.29 bits per heavy atom. The summed E-state index contributed by atoms with van der Waals surface area (Å²) < 4.78 is 23.3. The van der Waals surface area contributed by atoms with Crippen LogP contribution >= 0.6 is 7.60 Å². The molecule has 0 aliphatic rings. The van der Waals surface area contributed by atoms with E-state index in [1.807, 2.05) is 0 Å². The Kier molecular flexibility index (Phi) is 3.26. The normalized spacial score (nSPS) is 13.9. The third-order valence-electron chi connectivity index (χ3n) is 1.71. The smallest absolute Gasteiger partial charge is 0.359 e. The fraction of sp³-hybridized carbons (Fsp3) is 0.250. The second kappa shape index (κ2) is 4.09. The molecule has 4 nitrogen and oxygen atoms in total. The minimum Gasteiger partial charge on any atom is -0.508 e. The Hall–Kier alpha value is -0.900. The number of phenolic OH excluding ortho intramolecular Hbond substituents is 1. The van der Waals surface area contributed by atoms with Crippen molar-refractivity contribution in [2.24, 2.45) is 0 Å². The molecular weight excluding hydrogens is 210 g/mol. The lowest BCUT2D eigenvalue weighted by atomic mass is 10.2. The third-order valence-corrected chi connectivity index (χ3v) is 2.62. The summed E-state index contributed by atoms with van der Waals surface area (Å²) in [4.78, 5) is 17.0. The molecule has 0 amide bonds. The molecule has 0 spiro atoms. The molecule has 1 unspecified atom stereocenters. The van der Waals surface area contributed by atoms with E-state index in [1.165, 1.54) is 24.3 Å². The Bertz CT molecular complexity index is 345. The number of alkyl halides is 1. The quantitative estimate of drug-likeness (QED) is 0.673. The molecule has 0 fully saturated rings. The molecule has 14 heavy (non-hydrogen) atoms. The number of halogens is 1. The summed E-state index contributed by atoms with van der Waals surface area (Å²) in [5.74, 6) is -2.16. The summed E-state index contributed by atoms with van der Waals surface area (Å²) in [6, 6.07) is 5.50. The van der Waals surface area contributed by atoms with Crippen LogP contribution in [0.4, 0.5) is 4.39 Å². The first-order valence-corrected chi connectivity index (χ1v) is 5.55. The zero-order valence-corrected chi connectivity index (χ0v) is 8.06. The maximum Gasteiger partial charge on any atom is 0.359 e. The van der Waals surface area contributed by atoms with Gasteiger partial charge in [0.2, 0.25) is 5.91 Å². The summed E-state index contributed by atoms with van der Waals surface area (Å²) in [5.41, 5.74) is 0.429. The summed E-state index contributed by atoms with van der Waals surface area (Å²) in [5, 5.41) is 8.90. The molecule has 0 aliphatic carbocycles. The summed E-state index contributed by atoms with van der Waals surface area (Å²) in [7, 11) is -4.66. The lowest BCUT2D eigenvalue weighted by Crippen LogP contribution is -2.04. The summed E-state index contributed by atoms with van der Waals surface area (Å²) in [6.07, 6.45) is -0.357. The van der Waals surface area contributed by atoms with Crippen LogP contribution in [0.2, 0.25) is 0 Å². The Morgan fingerprint density at radius 2 is 1.79 bits per heavy atom. The Morgan fingerprint density at radius 3 is 2.21 bits per heavy atom. The van der Waals surface area contributed by atoms with Crippen molar-refractivity contribution in [1.82, 2.24) is 0 Å². The second-order valence-corrected chi connectivity index (χ2v) is 4.63. The van der Waals surface area contributed by atoms with Gasteiger partial charge in [0.05, 0.1) is 0 Å². The minimum atomic E-state index is -4.66. The van der Waals surface area contributed by atoms with Gasteiger partial charge in [0, 0.05) is 6.42 Å². The molecule has 0 aliphatic heterocycles. The molecule has 1 aromatic rings. The van der Waals surface area contributed by atoms with Gasteiger partial charge in [-0.15, -0.1) is 0 Å². The SMILES string of the molecule is O=P(O)(O)C(F)Cc1ccc(O)cc1. The molecule has 0 heterocycles. The average molecular weight is 220 g/mol. The predicted molar refractivity (Wildman–Crippen MR) is 48.8 cm³/mol. The van der Waals surface area contributed by atoms with Gasteiger partial charge in [0.1, 0.15) is 5.75 Å². The molecule has 6 heteroatoms. The van der Waals surface area contributed by atoms with Crippen molar-refractivity contribution in [2.75, 3.05) is 0 Å². The van der Waals surface area contributed by atoms with E-state index in [9.17, 15) is 8.96 Å². The molecule has 1 aromatic carbocycles. The van der Waals surface area contributed by atoms with E-state index in [-0.39, 0.29) is 12.2 Å². The highest BCUT2D eigenvalue weighted by Gasteiger charge is 2.28. The largest absolute Gasteiger partial charge is 0.508 e. The maximum absolute atomic E-state index is 12.9. The van der Waals surface area contributed by atoms with Crippen LogP contribution in [0, 0.1) is 0 Å². The fourth-order valence-electron chi connectivity index (χ4n) is 0.945. The van der Waals surface area contributed by atoms with Gasteiger partial charge >= 0.3 is 7.60 Å². The maximum atomic E-state index is 12.9. The van der Waals surface area contributed by atoms with Crippen LogP contribution in [0.15, 0.2) is 24.3 Å². The number of rotatable bonds is 3. The van der Waals surface area contributed by atoms with Gasteiger partial charge in [0.25, 0.3) is 0 Å². The molecule has 0 bridgehead atoms. The zero-order valence-electron chi connectivity index (χ0n) is 7.17. The number of aromatic hydroxyl groups is 1. The predicted octanol–water partition coefficient (Wildman–Crippen LogP) is 1.41. The van der Waals surface area contributed by atoms with E-state index >= 15 is 0 Å². The first-order valence-electron chi connectivity index (χ1n) is 3.87. The van der Waals surface area contributed by atoms with E-state index in [0.29, 0.717) is 5.56 Å². The van der Waals surface area contributed by atoms with Crippen LogP contribution in [0.3, 0.4) is 0 Å². The van der Waals surface area contributed by atoms with Crippen molar-refractivity contribution in [1.29, 1.82) is 0 Å². The van der Waals surface area contributed by atoms with Crippen LogP contribution < -0.4 is 0 Å². The third kappa shape index (κ3) is 3.10. The number of phenols is 1. The summed E-state index contributed by atoms with van der Waals surface area (Å²) in [6.45, 7) is 0. The van der Waals surface area contributed by atoms with E-state index in [0.717, 1.165) is 0 Å². The highest BCUT2D eigenvalue weighted by molar-refractivity contribution is 7.52. The minimum absolute atomic E-state index is 0.0281. The van der Waals surface area contributed by atoms with Crippen LogP contribution in [0.1, 0.15) is 5.56 Å². The highest BCUT2D eigenvalue weighted by Crippen LogP contribution is 2.43. The Labute approximate surface area is 80.2 Å². The zero-order chi connectivity index (χ0) is 10.8. The average Bonchev–Trinajstić information content (AvgIpc) is 2.07. The van der Waals surface area contributed by atoms with E-state index in [4.69, 9.17) is 14.9 Å². The molecule has 78 valence electrons. The lowest BCUT2D eigenvalue weighted by Gasteiger charge is -2.09. The molecule has 0 saturated heterocycles. The number of hydrogen-bond donors (Lipinski definition) is 3. The van der Waals surface area contributed by atoms with Gasteiger partial charge in [-0.3, -0.25) is 4.57 Å². The first kappa shape index (κ1) is 11.2. The Balaban J connectivity index is 2.70. The van der Waals surface area contributed by atoms with Gasteiger partial charge in [-0.2, -0.15) is 0 Å². The van der Waals surface area contributed by atoms with Crippen molar-refractivity contribution in [3.8, 4) is 5.75 Å². The van der Waals surface area contributed by atoms with Gasteiger partial charge in [0.15, 0.2) is 0 Å². The van der Waals surface area contributed by atoms with Crippen molar-refractivity contribution in [3.63, 3.8) is 0 Å².